The number of carbonyl (C=O) groups excluding carboxylic acids is 2. The third-order valence-electron chi connectivity index (χ3n) is 5.84. The summed E-state index contributed by atoms with van der Waals surface area (Å²) in [5.41, 5.74) is 0. The van der Waals surface area contributed by atoms with Crippen LogP contribution in [-0.2, 0) is 24.3 Å². The summed E-state index contributed by atoms with van der Waals surface area (Å²) < 4.78 is 38.2. The van der Waals surface area contributed by atoms with E-state index in [0.717, 1.165) is 16.5 Å². The first kappa shape index (κ1) is 24.7. The van der Waals surface area contributed by atoms with E-state index in [2.05, 4.69) is 0 Å². The van der Waals surface area contributed by atoms with Crippen LogP contribution in [0.4, 0.5) is 0 Å². The zero-order chi connectivity index (χ0) is 24.7. The van der Waals surface area contributed by atoms with E-state index in [1.165, 1.54) is 9.21 Å². The zero-order valence-corrected chi connectivity index (χ0v) is 20.2. The number of hydrogen-bond donors (Lipinski definition) is 0. The van der Waals surface area contributed by atoms with Crippen LogP contribution < -0.4 is 4.74 Å². The van der Waals surface area contributed by atoms with Crippen LogP contribution in [0, 0.1) is 0 Å². The van der Waals surface area contributed by atoms with Crippen molar-refractivity contribution in [3.8, 4) is 5.75 Å². The molecule has 4 rings (SSSR count). The predicted molar refractivity (Wildman–Crippen MR) is 131 cm³/mol. The largest absolute Gasteiger partial charge is 0.494 e. The van der Waals surface area contributed by atoms with Gasteiger partial charge in [0.25, 0.3) is 5.91 Å². The van der Waals surface area contributed by atoms with E-state index in [4.69, 9.17) is 9.47 Å². The fourth-order valence-corrected chi connectivity index (χ4v) is 5.34. The minimum absolute atomic E-state index is 0.151. The molecular weight excluding hydrogens is 468 g/mol. The number of rotatable bonds is 9. The smallest absolute Gasteiger partial charge is 0.306 e. The highest BCUT2D eigenvalue weighted by atomic mass is 32.2. The molecule has 0 aromatic heterocycles. The van der Waals surface area contributed by atoms with Crippen molar-refractivity contribution in [1.29, 1.82) is 0 Å². The lowest BCUT2D eigenvalue weighted by molar-refractivity contribution is -0.152. The first-order chi connectivity index (χ1) is 16.9. The van der Waals surface area contributed by atoms with Gasteiger partial charge in [0.1, 0.15) is 5.75 Å². The van der Waals surface area contributed by atoms with Gasteiger partial charge in [-0.05, 0) is 41.5 Å². The molecule has 0 bridgehead atoms. The number of piperazine rings is 1. The molecule has 0 atom stereocenters. The Labute approximate surface area is 205 Å². The highest BCUT2D eigenvalue weighted by Crippen LogP contribution is 2.23. The average Bonchev–Trinajstić information content (AvgIpc) is 2.90. The third-order valence-corrected chi connectivity index (χ3v) is 7.74. The standard InChI is InChI=1S/C26H28N2O6S/c29-25(20-34-26(30)11-6-18-33-23-9-2-1-3-10-23)27-14-16-28(17-15-27)35(31,32)24-13-12-21-7-4-5-8-22(21)19-24/h1-5,7-10,12-13,19H,6,11,14-18,20H2. The lowest BCUT2D eigenvalue weighted by Gasteiger charge is -2.33. The second kappa shape index (κ2) is 11.3. The van der Waals surface area contributed by atoms with Crippen LogP contribution >= 0.6 is 0 Å². The van der Waals surface area contributed by atoms with Crippen LogP contribution in [0.3, 0.4) is 0 Å². The number of fused-ring (bicyclic) bond motifs is 1. The van der Waals surface area contributed by atoms with Gasteiger partial charge in [-0.1, -0.05) is 48.5 Å². The number of para-hydroxylation sites is 1. The molecule has 9 heteroatoms. The molecule has 35 heavy (non-hydrogen) atoms. The van der Waals surface area contributed by atoms with Gasteiger partial charge < -0.3 is 14.4 Å². The molecule has 0 saturated carbocycles. The Hall–Kier alpha value is -3.43. The normalized spacial score (nSPS) is 14.6. The molecule has 1 fully saturated rings. The number of esters is 1. The summed E-state index contributed by atoms with van der Waals surface area (Å²) >= 11 is 0. The SMILES string of the molecule is O=C(CCCOc1ccccc1)OCC(=O)N1CCN(S(=O)(=O)c2ccc3ccccc3c2)CC1. The summed E-state index contributed by atoms with van der Waals surface area (Å²) in [6.45, 7) is 0.885. The van der Waals surface area contributed by atoms with E-state index < -0.39 is 16.0 Å². The van der Waals surface area contributed by atoms with Crippen molar-refractivity contribution in [2.75, 3.05) is 39.4 Å². The fourth-order valence-electron chi connectivity index (χ4n) is 3.88. The summed E-state index contributed by atoms with van der Waals surface area (Å²) in [5, 5.41) is 1.83. The molecular formula is C26H28N2O6S. The van der Waals surface area contributed by atoms with Crippen molar-refractivity contribution >= 4 is 32.7 Å². The summed E-state index contributed by atoms with van der Waals surface area (Å²) in [6, 6.07) is 22.0. The van der Waals surface area contributed by atoms with Crippen LogP contribution in [0.5, 0.6) is 5.75 Å². The van der Waals surface area contributed by atoms with Crippen molar-refractivity contribution in [2.24, 2.45) is 0 Å². The Morgan fingerprint density at radius 2 is 1.51 bits per heavy atom. The van der Waals surface area contributed by atoms with Crippen LogP contribution in [0.2, 0.25) is 0 Å². The van der Waals surface area contributed by atoms with E-state index >= 15 is 0 Å². The molecule has 0 unspecified atom stereocenters. The average molecular weight is 497 g/mol. The summed E-state index contributed by atoms with van der Waals surface area (Å²) in [6.07, 6.45) is 0.630. The van der Waals surface area contributed by atoms with Gasteiger partial charge in [-0.15, -0.1) is 0 Å². The fraction of sp³-hybridized carbons (Fsp3) is 0.308. The molecule has 1 aliphatic heterocycles. The van der Waals surface area contributed by atoms with Crippen molar-refractivity contribution in [1.82, 2.24) is 9.21 Å². The van der Waals surface area contributed by atoms with Crippen molar-refractivity contribution < 1.29 is 27.5 Å². The second-order valence-corrected chi connectivity index (χ2v) is 10.2. The number of amides is 1. The molecule has 0 aliphatic carbocycles. The molecule has 1 saturated heterocycles. The van der Waals surface area contributed by atoms with Crippen LogP contribution in [0.15, 0.2) is 77.7 Å². The Balaban J connectivity index is 1.20. The number of nitrogens with zero attached hydrogens (tertiary/aromatic N) is 2. The van der Waals surface area contributed by atoms with E-state index in [1.54, 1.807) is 18.2 Å². The van der Waals surface area contributed by atoms with Gasteiger partial charge in [0.2, 0.25) is 10.0 Å². The Morgan fingerprint density at radius 1 is 0.829 bits per heavy atom. The van der Waals surface area contributed by atoms with Crippen LogP contribution in [0.25, 0.3) is 10.8 Å². The number of benzene rings is 3. The Kier molecular flexibility index (Phi) is 7.99. The molecule has 1 aliphatic rings. The molecule has 3 aromatic rings. The lowest BCUT2D eigenvalue weighted by Crippen LogP contribution is -2.51. The van der Waals surface area contributed by atoms with E-state index in [-0.39, 0.29) is 50.0 Å². The van der Waals surface area contributed by atoms with Crippen molar-refractivity contribution in [3.05, 3.63) is 72.8 Å². The highest BCUT2D eigenvalue weighted by Gasteiger charge is 2.30. The Bertz CT molecular complexity index is 1270. The van der Waals surface area contributed by atoms with E-state index in [0.29, 0.717) is 13.0 Å². The quantitative estimate of drug-likeness (QED) is 0.334. The van der Waals surface area contributed by atoms with Gasteiger partial charge in [-0.3, -0.25) is 9.59 Å². The molecule has 0 radical (unpaired) electrons. The van der Waals surface area contributed by atoms with Gasteiger partial charge >= 0.3 is 5.97 Å². The topological polar surface area (TPSA) is 93.2 Å². The maximum atomic E-state index is 13.1. The first-order valence-electron chi connectivity index (χ1n) is 11.5. The molecule has 3 aromatic carbocycles. The molecule has 184 valence electrons. The Morgan fingerprint density at radius 3 is 2.26 bits per heavy atom. The summed E-state index contributed by atoms with van der Waals surface area (Å²) in [5.74, 6) is -0.0630. The minimum atomic E-state index is -3.66. The van der Waals surface area contributed by atoms with E-state index in [1.807, 2.05) is 54.6 Å². The number of ether oxygens (including phenoxy) is 2. The number of carbonyl (C=O) groups is 2. The third kappa shape index (κ3) is 6.37. The van der Waals surface area contributed by atoms with Gasteiger partial charge in [0.15, 0.2) is 6.61 Å². The maximum Gasteiger partial charge on any atom is 0.306 e. The van der Waals surface area contributed by atoms with Gasteiger partial charge in [-0.2, -0.15) is 4.31 Å². The second-order valence-electron chi connectivity index (χ2n) is 8.22. The molecule has 1 amide bonds. The monoisotopic (exact) mass is 496 g/mol. The molecule has 8 nitrogen and oxygen atoms in total. The van der Waals surface area contributed by atoms with Crippen LogP contribution in [-0.4, -0.2) is 68.9 Å². The first-order valence-corrected chi connectivity index (χ1v) is 13.0. The minimum Gasteiger partial charge on any atom is -0.494 e. The predicted octanol–water partition coefficient (Wildman–Crippen LogP) is 3.08. The van der Waals surface area contributed by atoms with Gasteiger partial charge in [0.05, 0.1) is 11.5 Å². The van der Waals surface area contributed by atoms with Crippen LogP contribution in [0.1, 0.15) is 12.8 Å². The summed E-state index contributed by atoms with van der Waals surface area (Å²) in [7, 11) is -3.66. The lowest BCUT2D eigenvalue weighted by atomic mass is 10.1. The number of hydrogen-bond acceptors (Lipinski definition) is 6. The molecule has 0 N–H and O–H groups in total. The van der Waals surface area contributed by atoms with E-state index in [9.17, 15) is 18.0 Å². The molecule has 1 heterocycles. The zero-order valence-electron chi connectivity index (χ0n) is 19.3. The van der Waals surface area contributed by atoms with Gasteiger partial charge in [0, 0.05) is 32.6 Å². The maximum absolute atomic E-state index is 13.1. The van der Waals surface area contributed by atoms with Crippen molar-refractivity contribution in [2.45, 2.75) is 17.7 Å². The van der Waals surface area contributed by atoms with Gasteiger partial charge in [-0.25, -0.2) is 8.42 Å². The number of sulfonamides is 1. The van der Waals surface area contributed by atoms with Crippen molar-refractivity contribution in [3.63, 3.8) is 0 Å². The molecule has 0 spiro atoms. The highest BCUT2D eigenvalue weighted by molar-refractivity contribution is 7.89. The summed E-state index contributed by atoms with van der Waals surface area (Å²) in [4.78, 5) is 26.1.